The number of carbonyl (C=O) groups excluding carboxylic acids is 1. The first kappa shape index (κ1) is 24.3. The van der Waals surface area contributed by atoms with Crippen LogP contribution in [0.15, 0.2) is 63.5 Å². The van der Waals surface area contributed by atoms with Gasteiger partial charge in [-0.15, -0.1) is 0 Å². The molecule has 0 saturated heterocycles. The van der Waals surface area contributed by atoms with Crippen molar-refractivity contribution < 1.29 is 14.3 Å². The molecule has 0 aliphatic carbocycles. The van der Waals surface area contributed by atoms with Crippen LogP contribution in [0.1, 0.15) is 37.9 Å². The zero-order valence-electron chi connectivity index (χ0n) is 18.8. The summed E-state index contributed by atoms with van der Waals surface area (Å²) in [6, 6.07) is 11.8. The molecule has 2 aromatic carbocycles. The van der Waals surface area contributed by atoms with Crippen molar-refractivity contribution >= 4 is 46.6 Å². The van der Waals surface area contributed by atoms with Crippen LogP contribution in [0.2, 0.25) is 10.0 Å². The predicted molar refractivity (Wildman–Crippen MR) is 134 cm³/mol. The van der Waals surface area contributed by atoms with E-state index in [0.29, 0.717) is 54.1 Å². The van der Waals surface area contributed by atoms with Crippen LogP contribution in [0.3, 0.4) is 0 Å². The van der Waals surface area contributed by atoms with Gasteiger partial charge in [0.1, 0.15) is 11.8 Å². The Morgan fingerprint density at radius 3 is 2.65 bits per heavy atom. The summed E-state index contributed by atoms with van der Waals surface area (Å²) in [6.45, 7) is 6.00. The lowest BCUT2D eigenvalue weighted by Gasteiger charge is -2.26. The zero-order valence-corrected chi connectivity index (χ0v) is 21.1. The Kier molecular flexibility index (Phi) is 7.26. The molecule has 0 unspecified atom stereocenters. The molecule has 0 amide bonds. The van der Waals surface area contributed by atoms with Gasteiger partial charge in [-0.1, -0.05) is 64.9 Å². The van der Waals surface area contributed by atoms with Crippen molar-refractivity contribution in [3.63, 3.8) is 0 Å². The quantitative estimate of drug-likeness (QED) is 0.452. The van der Waals surface area contributed by atoms with Crippen LogP contribution in [-0.4, -0.2) is 23.8 Å². The number of hydrogen-bond donors (Lipinski definition) is 0. The molecule has 3 aromatic rings. The summed E-state index contributed by atoms with van der Waals surface area (Å²) < 4.78 is 13.1. The summed E-state index contributed by atoms with van der Waals surface area (Å²) in [6.07, 6.45) is 1.69. The number of carbonyl (C=O) groups is 1. The molecule has 0 saturated carbocycles. The molecule has 2 heterocycles. The van der Waals surface area contributed by atoms with Crippen LogP contribution in [0.25, 0.3) is 6.08 Å². The summed E-state index contributed by atoms with van der Waals surface area (Å²) >= 11 is 13.7. The molecule has 176 valence electrons. The van der Waals surface area contributed by atoms with Gasteiger partial charge in [0.2, 0.25) is 0 Å². The maximum absolute atomic E-state index is 13.7. The molecule has 0 radical (unpaired) electrons. The summed E-state index contributed by atoms with van der Waals surface area (Å²) in [5, 5.41) is 0.754. The minimum absolute atomic E-state index is 0.202. The SMILES string of the molecule is CCOC(=O)C1=C(C)N=c2s/c(=C\c3cccc(Cl)c3Cl)c(=O)n2[C@@H]1c1ccccc1OCC. The van der Waals surface area contributed by atoms with E-state index < -0.39 is 12.0 Å². The van der Waals surface area contributed by atoms with Crippen molar-refractivity contribution in [2.45, 2.75) is 26.8 Å². The second kappa shape index (κ2) is 10.2. The molecule has 0 fully saturated rings. The fourth-order valence-electron chi connectivity index (χ4n) is 3.85. The average molecular weight is 517 g/mol. The van der Waals surface area contributed by atoms with E-state index in [1.165, 1.54) is 15.9 Å². The Morgan fingerprint density at radius 1 is 1.15 bits per heavy atom. The number of para-hydroxylation sites is 1. The van der Waals surface area contributed by atoms with Crippen LogP contribution in [0.5, 0.6) is 5.75 Å². The van der Waals surface area contributed by atoms with Gasteiger partial charge in [-0.3, -0.25) is 9.36 Å². The molecule has 1 aromatic heterocycles. The number of allylic oxidation sites excluding steroid dienone is 1. The van der Waals surface area contributed by atoms with Gasteiger partial charge in [0.15, 0.2) is 4.80 Å². The summed E-state index contributed by atoms with van der Waals surface area (Å²) in [4.78, 5) is 31.8. The van der Waals surface area contributed by atoms with E-state index in [4.69, 9.17) is 32.7 Å². The average Bonchev–Trinajstić information content (AvgIpc) is 3.11. The molecule has 0 N–H and O–H groups in total. The molecule has 1 atom stereocenters. The fourth-order valence-corrected chi connectivity index (χ4v) is 5.25. The number of rotatable bonds is 6. The summed E-state index contributed by atoms with van der Waals surface area (Å²) in [7, 11) is 0. The van der Waals surface area contributed by atoms with E-state index in [-0.39, 0.29) is 12.2 Å². The van der Waals surface area contributed by atoms with Crippen molar-refractivity contribution in [2.24, 2.45) is 4.99 Å². The number of halogens is 2. The Bertz CT molecular complexity index is 1470. The van der Waals surface area contributed by atoms with Crippen molar-refractivity contribution in [1.29, 1.82) is 0 Å². The van der Waals surface area contributed by atoms with Crippen molar-refractivity contribution in [2.75, 3.05) is 13.2 Å². The number of aromatic nitrogens is 1. The first-order valence-electron chi connectivity index (χ1n) is 10.7. The Morgan fingerprint density at radius 2 is 1.91 bits per heavy atom. The molecule has 0 bridgehead atoms. The van der Waals surface area contributed by atoms with Gasteiger partial charge in [0, 0.05) is 5.56 Å². The van der Waals surface area contributed by atoms with Gasteiger partial charge in [-0.2, -0.15) is 0 Å². The largest absolute Gasteiger partial charge is 0.494 e. The lowest BCUT2D eigenvalue weighted by atomic mass is 9.95. The van der Waals surface area contributed by atoms with E-state index in [9.17, 15) is 9.59 Å². The van der Waals surface area contributed by atoms with Crippen molar-refractivity contribution in [3.05, 3.63) is 94.6 Å². The second-order valence-corrected chi connectivity index (χ2v) is 9.21. The third kappa shape index (κ3) is 4.43. The number of thiazole rings is 1. The number of ether oxygens (including phenoxy) is 2. The maximum atomic E-state index is 13.7. The van der Waals surface area contributed by atoms with Gasteiger partial charge >= 0.3 is 5.97 Å². The van der Waals surface area contributed by atoms with E-state index >= 15 is 0 Å². The van der Waals surface area contributed by atoms with E-state index in [1.54, 1.807) is 38.1 Å². The minimum Gasteiger partial charge on any atom is -0.494 e. The van der Waals surface area contributed by atoms with Crippen LogP contribution >= 0.6 is 34.5 Å². The molecular formula is C25H22Cl2N2O4S. The van der Waals surface area contributed by atoms with Crippen molar-refractivity contribution in [3.8, 4) is 5.75 Å². The van der Waals surface area contributed by atoms with Crippen LogP contribution in [0, 0.1) is 0 Å². The Hall–Kier alpha value is -2.87. The molecular weight excluding hydrogens is 495 g/mol. The fraction of sp³-hybridized carbons (Fsp3) is 0.240. The first-order valence-corrected chi connectivity index (χ1v) is 12.3. The van der Waals surface area contributed by atoms with Crippen LogP contribution in [-0.2, 0) is 9.53 Å². The molecule has 9 heteroatoms. The van der Waals surface area contributed by atoms with Crippen molar-refractivity contribution in [1.82, 2.24) is 4.57 Å². The molecule has 34 heavy (non-hydrogen) atoms. The number of nitrogens with zero attached hydrogens (tertiary/aromatic N) is 2. The lowest BCUT2D eigenvalue weighted by molar-refractivity contribution is -0.139. The van der Waals surface area contributed by atoms with Gasteiger partial charge in [-0.25, -0.2) is 9.79 Å². The Balaban J connectivity index is 2.00. The summed E-state index contributed by atoms with van der Waals surface area (Å²) in [5.41, 5.74) is 1.78. The van der Waals surface area contributed by atoms with Gasteiger partial charge < -0.3 is 9.47 Å². The van der Waals surface area contributed by atoms with Gasteiger partial charge in [0.25, 0.3) is 5.56 Å². The molecule has 1 aliphatic rings. The molecule has 0 spiro atoms. The van der Waals surface area contributed by atoms with E-state index in [2.05, 4.69) is 4.99 Å². The molecule has 4 rings (SSSR count). The predicted octanol–water partition coefficient (Wildman–Crippen LogP) is 4.50. The third-order valence-corrected chi connectivity index (χ3v) is 7.11. The number of benzene rings is 2. The lowest BCUT2D eigenvalue weighted by Crippen LogP contribution is -2.40. The highest BCUT2D eigenvalue weighted by atomic mass is 35.5. The van der Waals surface area contributed by atoms with Gasteiger partial charge in [0.05, 0.1) is 39.1 Å². The highest BCUT2D eigenvalue weighted by Crippen LogP contribution is 2.36. The smallest absolute Gasteiger partial charge is 0.338 e. The minimum atomic E-state index is -0.755. The highest BCUT2D eigenvalue weighted by molar-refractivity contribution is 7.07. The standard InChI is InChI=1S/C25H22Cl2N2O4S/c1-4-32-18-12-7-6-10-16(18)22-20(24(31)33-5-2)14(3)28-25-29(22)23(30)19(34-25)13-15-9-8-11-17(26)21(15)27/h6-13,22H,4-5H2,1-3H3/b19-13-/t22-/m1/s1. The topological polar surface area (TPSA) is 69.9 Å². The normalized spacial score (nSPS) is 15.7. The van der Waals surface area contributed by atoms with Gasteiger partial charge in [-0.05, 0) is 44.5 Å². The first-order chi connectivity index (χ1) is 16.4. The summed E-state index contributed by atoms with van der Waals surface area (Å²) in [5.74, 6) is 0.0613. The highest BCUT2D eigenvalue weighted by Gasteiger charge is 2.35. The third-order valence-electron chi connectivity index (χ3n) is 5.30. The maximum Gasteiger partial charge on any atom is 0.338 e. The second-order valence-electron chi connectivity index (χ2n) is 7.42. The van der Waals surface area contributed by atoms with E-state index in [1.807, 2.05) is 31.2 Å². The molecule has 1 aliphatic heterocycles. The monoisotopic (exact) mass is 516 g/mol. The number of fused-ring (bicyclic) bond motifs is 1. The Labute approximate surface area is 210 Å². The number of hydrogen-bond acceptors (Lipinski definition) is 6. The van der Waals surface area contributed by atoms with E-state index in [0.717, 1.165) is 0 Å². The zero-order chi connectivity index (χ0) is 24.4. The van der Waals surface area contributed by atoms with Crippen LogP contribution < -0.4 is 19.6 Å². The number of esters is 1. The van der Waals surface area contributed by atoms with Crippen LogP contribution in [0.4, 0.5) is 0 Å². The molecule has 6 nitrogen and oxygen atoms in total.